The number of carbonyl (C=O) groups is 1. The van der Waals surface area contributed by atoms with Gasteiger partial charge in [-0.15, -0.1) is 0 Å². The lowest BCUT2D eigenvalue weighted by Crippen LogP contribution is -2.36. The highest BCUT2D eigenvalue weighted by atomic mass is 16.6. The van der Waals surface area contributed by atoms with Crippen LogP contribution in [0.25, 0.3) is 0 Å². The molecule has 0 N–H and O–H groups in total. The number of hydrogen-bond acceptors (Lipinski definition) is 3. The minimum Gasteiger partial charge on any atom is -0.444 e. The first kappa shape index (κ1) is 14.0. The molecule has 1 aliphatic heterocycles. The lowest BCUT2D eigenvalue weighted by atomic mass is 10.3. The van der Waals surface area contributed by atoms with E-state index in [9.17, 15) is 4.79 Å². The molecular weight excluding hydrogens is 194 g/mol. The van der Waals surface area contributed by atoms with E-state index < -0.39 is 0 Å². The van der Waals surface area contributed by atoms with Crippen LogP contribution in [0, 0.1) is 0 Å². The van der Waals surface area contributed by atoms with Crippen LogP contribution < -0.4 is 0 Å². The maximum Gasteiger partial charge on any atom is 0.412 e. The first-order valence-corrected chi connectivity index (χ1v) is 5.32. The molecule has 0 bridgehead atoms. The summed E-state index contributed by atoms with van der Waals surface area (Å²) < 4.78 is 10.1. The Kier molecular flexibility index (Phi) is 6.79. The molecule has 0 aliphatic carbocycles. The molecule has 4 nitrogen and oxygen atoms in total. The zero-order valence-electron chi connectivity index (χ0n) is 10.2. The highest BCUT2D eigenvalue weighted by Gasteiger charge is 2.32. The van der Waals surface area contributed by atoms with Crippen LogP contribution in [-0.2, 0) is 9.47 Å². The van der Waals surface area contributed by atoms with Crippen LogP contribution in [0.3, 0.4) is 0 Å². The molecule has 1 fully saturated rings. The molecule has 1 aliphatic rings. The average molecular weight is 215 g/mol. The quantitative estimate of drug-likeness (QED) is 0.678. The van der Waals surface area contributed by atoms with E-state index >= 15 is 0 Å². The second-order valence-corrected chi connectivity index (χ2v) is 3.00. The maximum absolute atomic E-state index is 11.2. The van der Waals surface area contributed by atoms with Crippen molar-refractivity contribution in [1.29, 1.82) is 0 Å². The van der Waals surface area contributed by atoms with Crippen molar-refractivity contribution in [3.8, 4) is 0 Å². The molecular formula is C11H21NO3. The van der Waals surface area contributed by atoms with Gasteiger partial charge in [-0.2, -0.15) is 0 Å². The summed E-state index contributed by atoms with van der Waals surface area (Å²) in [5, 5.41) is 0. The molecule has 0 radical (unpaired) electrons. The Bertz CT molecular complexity index is 216. The molecule has 1 rings (SSSR count). The van der Waals surface area contributed by atoms with Crippen molar-refractivity contribution >= 4 is 6.09 Å². The zero-order valence-corrected chi connectivity index (χ0v) is 10.2. The van der Waals surface area contributed by atoms with Crippen molar-refractivity contribution in [2.75, 3.05) is 13.7 Å². The van der Waals surface area contributed by atoms with Crippen LogP contribution >= 0.6 is 0 Å². The van der Waals surface area contributed by atoms with Crippen LogP contribution in [-0.4, -0.2) is 37.0 Å². The minimum atomic E-state index is -0.308. The third-order valence-electron chi connectivity index (χ3n) is 1.90. The number of rotatable bonds is 3. The molecule has 1 unspecified atom stereocenters. The van der Waals surface area contributed by atoms with Crippen LogP contribution in [0.15, 0.2) is 12.2 Å². The van der Waals surface area contributed by atoms with Crippen LogP contribution in [0.2, 0.25) is 0 Å². The summed E-state index contributed by atoms with van der Waals surface area (Å²) in [6, 6.07) is 0. The second-order valence-electron chi connectivity index (χ2n) is 3.00. The number of amides is 1. The zero-order chi connectivity index (χ0) is 11.8. The average Bonchev–Trinajstić information content (AvgIpc) is 2.57. The van der Waals surface area contributed by atoms with Gasteiger partial charge in [-0.3, -0.25) is 4.90 Å². The van der Waals surface area contributed by atoms with Crippen LogP contribution in [0.1, 0.15) is 27.7 Å². The molecule has 0 aromatic carbocycles. The third kappa shape index (κ3) is 3.91. The summed E-state index contributed by atoms with van der Waals surface area (Å²) in [5.74, 6) is 0. The van der Waals surface area contributed by atoms with Gasteiger partial charge in [-0.25, -0.2) is 4.79 Å². The van der Waals surface area contributed by atoms with Crippen molar-refractivity contribution in [1.82, 2.24) is 4.90 Å². The Morgan fingerprint density at radius 1 is 1.60 bits per heavy atom. The number of nitrogens with zero attached hydrogens (tertiary/aromatic N) is 1. The first-order chi connectivity index (χ1) is 7.19. The van der Waals surface area contributed by atoms with Crippen molar-refractivity contribution in [2.24, 2.45) is 0 Å². The smallest absolute Gasteiger partial charge is 0.412 e. The molecule has 15 heavy (non-hydrogen) atoms. The standard InChI is InChI=1S/C9H15NO3.C2H6/c1-4-5-8(12-3)10-6-7(2)13-9(10)11;1-2/h4-5,7-8H,6H2,1-3H3;1-2H3/b5-4-;/t7-,8?;/m1./s1. The van der Waals surface area contributed by atoms with Crippen molar-refractivity contribution in [3.63, 3.8) is 0 Å². The Labute approximate surface area is 91.8 Å². The van der Waals surface area contributed by atoms with Crippen LogP contribution in [0.5, 0.6) is 0 Å². The second kappa shape index (κ2) is 7.29. The SMILES string of the molecule is C/C=C\C(OC)N1C[C@@H](C)OC1=O.CC. The van der Waals surface area contributed by atoms with Crippen molar-refractivity contribution in [2.45, 2.75) is 40.0 Å². The van der Waals surface area contributed by atoms with Gasteiger partial charge in [-0.1, -0.05) is 19.9 Å². The topological polar surface area (TPSA) is 38.8 Å². The van der Waals surface area contributed by atoms with Gasteiger partial charge in [0.25, 0.3) is 0 Å². The number of methoxy groups -OCH3 is 1. The van der Waals surface area contributed by atoms with E-state index in [0.29, 0.717) is 6.54 Å². The maximum atomic E-state index is 11.2. The summed E-state index contributed by atoms with van der Waals surface area (Å²) in [6.45, 7) is 8.33. The lowest BCUT2D eigenvalue weighted by Gasteiger charge is -2.20. The fourth-order valence-electron chi connectivity index (χ4n) is 1.31. The molecule has 0 saturated carbocycles. The fraction of sp³-hybridized carbons (Fsp3) is 0.727. The number of carbonyl (C=O) groups excluding carboxylic acids is 1. The molecule has 1 heterocycles. The van der Waals surface area contributed by atoms with Crippen LogP contribution in [0.4, 0.5) is 4.79 Å². The summed E-state index contributed by atoms with van der Waals surface area (Å²) >= 11 is 0. The van der Waals surface area contributed by atoms with Crippen molar-refractivity contribution in [3.05, 3.63) is 12.2 Å². The van der Waals surface area contributed by atoms with Gasteiger partial charge in [0.2, 0.25) is 0 Å². The summed E-state index contributed by atoms with van der Waals surface area (Å²) in [4.78, 5) is 12.8. The number of cyclic esters (lactones) is 1. The number of allylic oxidation sites excluding steroid dienone is 1. The predicted octanol–water partition coefficient (Wildman–Crippen LogP) is 2.40. The van der Waals surface area contributed by atoms with E-state index in [0.717, 1.165) is 0 Å². The fourth-order valence-corrected chi connectivity index (χ4v) is 1.31. The van der Waals surface area contributed by atoms with E-state index in [1.54, 1.807) is 12.0 Å². The van der Waals surface area contributed by atoms with E-state index in [2.05, 4.69) is 0 Å². The minimum absolute atomic E-state index is 0.0459. The summed E-state index contributed by atoms with van der Waals surface area (Å²) in [6.07, 6.45) is 3.01. The van der Waals surface area contributed by atoms with Gasteiger partial charge in [0, 0.05) is 7.11 Å². The predicted molar refractivity (Wildman–Crippen MR) is 59.6 cm³/mol. The molecule has 0 aromatic rings. The van der Waals surface area contributed by atoms with E-state index in [4.69, 9.17) is 9.47 Å². The van der Waals surface area contributed by atoms with E-state index in [1.807, 2.05) is 39.8 Å². The molecule has 2 atom stereocenters. The summed E-state index contributed by atoms with van der Waals surface area (Å²) in [7, 11) is 1.57. The highest BCUT2D eigenvalue weighted by molar-refractivity contribution is 5.70. The molecule has 88 valence electrons. The Hall–Kier alpha value is -1.03. The Morgan fingerprint density at radius 2 is 2.20 bits per heavy atom. The van der Waals surface area contributed by atoms with E-state index in [-0.39, 0.29) is 18.4 Å². The molecule has 1 amide bonds. The largest absolute Gasteiger partial charge is 0.444 e. The van der Waals surface area contributed by atoms with Gasteiger partial charge in [0.15, 0.2) is 6.23 Å². The Balaban J connectivity index is 0.000000921. The lowest BCUT2D eigenvalue weighted by molar-refractivity contribution is 0.0320. The van der Waals surface area contributed by atoms with Gasteiger partial charge < -0.3 is 9.47 Å². The van der Waals surface area contributed by atoms with Gasteiger partial charge in [0.05, 0.1) is 6.54 Å². The van der Waals surface area contributed by atoms with Crippen molar-refractivity contribution < 1.29 is 14.3 Å². The molecule has 0 aromatic heterocycles. The van der Waals surface area contributed by atoms with Gasteiger partial charge in [-0.05, 0) is 19.9 Å². The highest BCUT2D eigenvalue weighted by Crippen LogP contribution is 2.15. The molecule has 4 heteroatoms. The first-order valence-electron chi connectivity index (χ1n) is 5.32. The number of ether oxygens (including phenoxy) is 2. The molecule has 0 spiro atoms. The number of hydrogen-bond donors (Lipinski definition) is 0. The third-order valence-corrected chi connectivity index (χ3v) is 1.90. The van der Waals surface area contributed by atoms with Gasteiger partial charge in [0.1, 0.15) is 6.10 Å². The normalized spacial score (nSPS) is 22.3. The van der Waals surface area contributed by atoms with E-state index in [1.165, 1.54) is 0 Å². The monoisotopic (exact) mass is 215 g/mol. The molecule has 1 saturated heterocycles. The Morgan fingerprint density at radius 3 is 2.53 bits per heavy atom. The van der Waals surface area contributed by atoms with Gasteiger partial charge >= 0.3 is 6.09 Å². The summed E-state index contributed by atoms with van der Waals surface area (Å²) in [5.41, 5.74) is 0.